The van der Waals surface area contributed by atoms with E-state index in [1.54, 1.807) is 12.1 Å². The van der Waals surface area contributed by atoms with E-state index in [1.807, 2.05) is 6.92 Å². The Hall–Kier alpha value is -1.93. The molecule has 0 atom stereocenters. The minimum absolute atomic E-state index is 0.155. The minimum atomic E-state index is -1.20. The maximum atomic E-state index is 11.9. The van der Waals surface area contributed by atoms with E-state index in [0.29, 0.717) is 15.2 Å². The van der Waals surface area contributed by atoms with Crippen LogP contribution in [0, 0.1) is 6.92 Å². The molecule has 0 bridgehead atoms. The summed E-state index contributed by atoms with van der Waals surface area (Å²) in [5.41, 5.74) is 1.18. The van der Waals surface area contributed by atoms with Crippen LogP contribution >= 0.6 is 27.5 Å². The number of aromatic nitrogens is 3. The highest BCUT2D eigenvalue weighted by Gasteiger charge is 2.12. The Balaban J connectivity index is 2.08. The van der Waals surface area contributed by atoms with Crippen molar-refractivity contribution in [2.45, 2.75) is 13.5 Å². The number of nitrogens with one attached hydrogen (secondary N) is 1. The fourth-order valence-electron chi connectivity index (χ4n) is 1.55. The molecule has 0 aliphatic rings. The van der Waals surface area contributed by atoms with Gasteiger partial charge in [-0.05, 0) is 40.5 Å². The number of aryl methyl sites for hydroxylation is 1. The molecule has 2 rings (SSSR count). The maximum Gasteiger partial charge on any atom is 0.358 e. The van der Waals surface area contributed by atoms with Crippen molar-refractivity contribution in [3.63, 3.8) is 0 Å². The zero-order valence-corrected chi connectivity index (χ0v) is 13.1. The Morgan fingerprint density at radius 2 is 2.19 bits per heavy atom. The van der Waals surface area contributed by atoms with Gasteiger partial charge in [0.05, 0.1) is 11.9 Å². The van der Waals surface area contributed by atoms with Gasteiger partial charge in [0.1, 0.15) is 6.54 Å². The van der Waals surface area contributed by atoms with Crippen LogP contribution in [0.3, 0.4) is 0 Å². The van der Waals surface area contributed by atoms with Crippen molar-refractivity contribution in [1.29, 1.82) is 0 Å². The van der Waals surface area contributed by atoms with Crippen LogP contribution in [0.5, 0.6) is 0 Å². The first-order chi connectivity index (χ1) is 9.86. The van der Waals surface area contributed by atoms with E-state index < -0.39 is 5.97 Å². The Labute approximate surface area is 133 Å². The van der Waals surface area contributed by atoms with Gasteiger partial charge in [0.2, 0.25) is 5.91 Å². The molecule has 9 heteroatoms. The molecule has 0 spiro atoms. The normalized spacial score (nSPS) is 10.4. The number of halogens is 2. The lowest BCUT2D eigenvalue weighted by Gasteiger charge is -2.09. The second kappa shape index (κ2) is 6.23. The number of anilines is 1. The molecule has 2 aromatic rings. The predicted molar refractivity (Wildman–Crippen MR) is 79.5 cm³/mol. The molecular weight excluding hydrogens is 364 g/mol. The highest BCUT2D eigenvalue weighted by Crippen LogP contribution is 2.29. The molecule has 0 fully saturated rings. The summed E-state index contributed by atoms with van der Waals surface area (Å²) in [6, 6.07) is 3.42. The second-order valence-electron chi connectivity index (χ2n) is 4.24. The average Bonchev–Trinajstić information content (AvgIpc) is 2.84. The van der Waals surface area contributed by atoms with Crippen molar-refractivity contribution < 1.29 is 14.7 Å². The number of carboxylic acid groups (broad SMARTS) is 1. The smallest absolute Gasteiger partial charge is 0.358 e. The number of carbonyl (C=O) groups excluding carboxylic acids is 1. The van der Waals surface area contributed by atoms with Gasteiger partial charge in [-0.3, -0.25) is 4.79 Å². The van der Waals surface area contributed by atoms with E-state index in [9.17, 15) is 9.59 Å². The minimum Gasteiger partial charge on any atom is -0.476 e. The van der Waals surface area contributed by atoms with Gasteiger partial charge in [-0.1, -0.05) is 16.8 Å². The molecule has 7 nitrogen and oxygen atoms in total. The van der Waals surface area contributed by atoms with Crippen molar-refractivity contribution in [2.24, 2.45) is 0 Å². The van der Waals surface area contributed by atoms with Gasteiger partial charge in [0.15, 0.2) is 5.69 Å². The van der Waals surface area contributed by atoms with Crippen molar-refractivity contribution in [1.82, 2.24) is 15.0 Å². The zero-order chi connectivity index (χ0) is 15.6. The quantitative estimate of drug-likeness (QED) is 0.857. The Morgan fingerprint density at radius 3 is 2.81 bits per heavy atom. The molecule has 0 saturated carbocycles. The molecule has 110 valence electrons. The first-order valence-electron chi connectivity index (χ1n) is 5.75. The van der Waals surface area contributed by atoms with E-state index in [1.165, 1.54) is 6.20 Å². The summed E-state index contributed by atoms with van der Waals surface area (Å²) in [6.45, 7) is 1.69. The summed E-state index contributed by atoms with van der Waals surface area (Å²) in [5, 5.41) is 18.9. The van der Waals surface area contributed by atoms with E-state index >= 15 is 0 Å². The van der Waals surface area contributed by atoms with E-state index in [4.69, 9.17) is 16.7 Å². The molecule has 0 radical (unpaired) electrons. The average molecular weight is 374 g/mol. The molecular formula is C12H10BrClN4O3. The number of rotatable bonds is 4. The summed E-state index contributed by atoms with van der Waals surface area (Å²) in [4.78, 5) is 22.6. The predicted octanol–water partition coefficient (Wildman–Crippen LogP) is 2.34. The molecule has 2 N–H and O–H groups in total. The molecule has 1 aromatic carbocycles. The highest BCUT2D eigenvalue weighted by atomic mass is 79.9. The number of hydrogen-bond donors (Lipinski definition) is 2. The molecule has 0 unspecified atom stereocenters. The number of amides is 1. The van der Waals surface area contributed by atoms with Crippen LogP contribution in [0.15, 0.2) is 22.8 Å². The van der Waals surface area contributed by atoms with Crippen LogP contribution in [-0.2, 0) is 11.3 Å². The molecule has 0 saturated heterocycles. The number of carboxylic acids is 1. The Bertz CT molecular complexity index is 717. The third-order valence-electron chi connectivity index (χ3n) is 2.59. The Kier molecular flexibility index (Phi) is 4.59. The standard InChI is InChI=1S/C12H10BrClN4O3/c1-6-2-7(13)9(3-8(6)14)15-11(19)5-18-4-10(12(20)21)16-17-18/h2-4H,5H2,1H3,(H,15,19)(H,20,21). The number of benzene rings is 1. The van der Waals surface area contributed by atoms with Crippen LogP contribution in [0.1, 0.15) is 16.1 Å². The maximum absolute atomic E-state index is 11.9. The number of hydrogen-bond acceptors (Lipinski definition) is 4. The number of nitrogens with zero attached hydrogens (tertiary/aromatic N) is 3. The largest absolute Gasteiger partial charge is 0.476 e. The van der Waals surface area contributed by atoms with Gasteiger partial charge in [-0.25, -0.2) is 9.48 Å². The van der Waals surface area contributed by atoms with Gasteiger partial charge >= 0.3 is 5.97 Å². The molecule has 1 heterocycles. The number of carbonyl (C=O) groups is 2. The van der Waals surface area contributed by atoms with Gasteiger partial charge in [0.25, 0.3) is 0 Å². The van der Waals surface area contributed by atoms with Crippen LogP contribution in [0.25, 0.3) is 0 Å². The van der Waals surface area contributed by atoms with Crippen molar-refractivity contribution in [3.05, 3.63) is 39.1 Å². The summed E-state index contributed by atoms with van der Waals surface area (Å²) in [6.07, 6.45) is 1.18. The monoisotopic (exact) mass is 372 g/mol. The summed E-state index contributed by atoms with van der Waals surface area (Å²) >= 11 is 9.34. The third kappa shape index (κ3) is 3.79. The van der Waals surface area contributed by atoms with E-state index in [0.717, 1.165) is 10.2 Å². The van der Waals surface area contributed by atoms with E-state index in [2.05, 4.69) is 31.6 Å². The fourth-order valence-corrected chi connectivity index (χ4v) is 2.27. The summed E-state index contributed by atoms with van der Waals surface area (Å²) in [5.74, 6) is -1.58. The molecule has 1 amide bonds. The first kappa shape index (κ1) is 15.5. The second-order valence-corrected chi connectivity index (χ2v) is 5.50. The topological polar surface area (TPSA) is 97.1 Å². The lowest BCUT2D eigenvalue weighted by Crippen LogP contribution is -2.19. The third-order valence-corrected chi connectivity index (χ3v) is 3.65. The SMILES string of the molecule is Cc1cc(Br)c(NC(=O)Cn2cc(C(=O)O)nn2)cc1Cl. The van der Waals surface area contributed by atoms with Crippen LogP contribution in [0.2, 0.25) is 5.02 Å². The number of aromatic carboxylic acids is 1. The van der Waals surface area contributed by atoms with Gasteiger partial charge < -0.3 is 10.4 Å². The molecule has 0 aliphatic carbocycles. The lowest BCUT2D eigenvalue weighted by atomic mass is 10.2. The molecule has 0 aliphatic heterocycles. The zero-order valence-electron chi connectivity index (χ0n) is 10.8. The van der Waals surface area contributed by atoms with Crippen LogP contribution in [0.4, 0.5) is 5.69 Å². The summed E-state index contributed by atoms with van der Waals surface area (Å²) < 4.78 is 1.84. The molecule has 1 aromatic heterocycles. The van der Waals surface area contributed by atoms with Crippen molar-refractivity contribution in [2.75, 3.05) is 5.32 Å². The highest BCUT2D eigenvalue weighted by molar-refractivity contribution is 9.10. The van der Waals surface area contributed by atoms with Crippen LogP contribution in [-0.4, -0.2) is 32.0 Å². The van der Waals surface area contributed by atoms with Gasteiger partial charge in [-0.2, -0.15) is 0 Å². The van der Waals surface area contributed by atoms with Gasteiger partial charge in [-0.15, -0.1) is 5.10 Å². The van der Waals surface area contributed by atoms with Crippen molar-refractivity contribution >= 4 is 45.1 Å². The summed E-state index contributed by atoms with van der Waals surface area (Å²) in [7, 11) is 0. The van der Waals surface area contributed by atoms with E-state index in [-0.39, 0.29) is 18.1 Å². The fraction of sp³-hybridized carbons (Fsp3) is 0.167. The van der Waals surface area contributed by atoms with Gasteiger partial charge in [0, 0.05) is 9.50 Å². The lowest BCUT2D eigenvalue weighted by molar-refractivity contribution is -0.116. The Morgan fingerprint density at radius 1 is 1.48 bits per heavy atom. The van der Waals surface area contributed by atoms with Crippen LogP contribution < -0.4 is 5.32 Å². The molecule has 21 heavy (non-hydrogen) atoms. The van der Waals surface area contributed by atoms with Crippen molar-refractivity contribution in [3.8, 4) is 0 Å². The first-order valence-corrected chi connectivity index (χ1v) is 6.93.